The molecule has 6 nitrogen and oxygen atoms in total. The predicted molar refractivity (Wildman–Crippen MR) is 110 cm³/mol. The van der Waals surface area contributed by atoms with Gasteiger partial charge in [0.25, 0.3) is 0 Å². The number of benzene rings is 2. The molecule has 5 atom stereocenters. The first-order valence-corrected chi connectivity index (χ1v) is 10.2. The van der Waals surface area contributed by atoms with Crippen LogP contribution in [0, 0.1) is 6.57 Å². The van der Waals surface area contributed by atoms with Crippen molar-refractivity contribution in [2.75, 3.05) is 6.54 Å². The van der Waals surface area contributed by atoms with Crippen LogP contribution in [0.3, 0.4) is 0 Å². The van der Waals surface area contributed by atoms with Crippen LogP contribution in [0.25, 0.3) is 4.85 Å². The highest BCUT2D eigenvalue weighted by molar-refractivity contribution is 5.14. The largest absolute Gasteiger partial charge is 0.368 e. The van der Waals surface area contributed by atoms with Gasteiger partial charge in [-0.15, -0.1) is 0 Å². The zero-order valence-electron chi connectivity index (χ0n) is 17.3. The molecule has 0 bridgehead atoms. The SMILES string of the molecule is [C-]#[N+]C[C@@H](OCc1ccccc1)[C@H]1O[C@@H]2OC(C)(C)O[C@@H]2[C@H]1OCc1ccccc1. The maximum absolute atomic E-state index is 7.39. The third kappa shape index (κ3) is 4.89. The maximum atomic E-state index is 7.39. The van der Waals surface area contributed by atoms with Gasteiger partial charge in [0.1, 0.15) is 18.3 Å². The number of hydrogen-bond donors (Lipinski definition) is 0. The van der Waals surface area contributed by atoms with E-state index in [0.717, 1.165) is 11.1 Å². The molecule has 2 aliphatic heterocycles. The van der Waals surface area contributed by atoms with Gasteiger partial charge in [0.05, 0.1) is 13.2 Å². The van der Waals surface area contributed by atoms with Crippen LogP contribution in [0.1, 0.15) is 25.0 Å². The lowest BCUT2D eigenvalue weighted by Gasteiger charge is -2.29. The van der Waals surface area contributed by atoms with Crippen molar-refractivity contribution in [2.45, 2.75) is 63.6 Å². The van der Waals surface area contributed by atoms with Gasteiger partial charge in [-0.1, -0.05) is 60.7 Å². The second-order valence-electron chi connectivity index (χ2n) is 8.01. The average Bonchev–Trinajstić information content (AvgIpc) is 3.22. The van der Waals surface area contributed by atoms with Crippen LogP contribution < -0.4 is 0 Å². The highest BCUT2D eigenvalue weighted by Crippen LogP contribution is 2.40. The summed E-state index contributed by atoms with van der Waals surface area (Å²) in [6.07, 6.45) is -2.23. The molecule has 6 heteroatoms. The first kappa shape index (κ1) is 21.0. The van der Waals surface area contributed by atoms with Crippen LogP contribution in [-0.4, -0.2) is 43.0 Å². The van der Waals surface area contributed by atoms with E-state index in [1.54, 1.807) is 0 Å². The second kappa shape index (κ2) is 9.25. The Kier molecular flexibility index (Phi) is 6.47. The van der Waals surface area contributed by atoms with Gasteiger partial charge < -0.3 is 28.5 Å². The predicted octanol–water partition coefficient (Wildman–Crippen LogP) is 3.95. The van der Waals surface area contributed by atoms with Gasteiger partial charge in [-0.05, 0) is 25.0 Å². The number of fused-ring (bicyclic) bond motifs is 1. The molecule has 0 amide bonds. The minimum atomic E-state index is -0.741. The van der Waals surface area contributed by atoms with E-state index in [4.69, 9.17) is 30.3 Å². The van der Waals surface area contributed by atoms with E-state index in [0.29, 0.717) is 13.2 Å². The summed E-state index contributed by atoms with van der Waals surface area (Å²) in [5.74, 6) is -0.741. The van der Waals surface area contributed by atoms with Crippen LogP contribution in [0.15, 0.2) is 60.7 Å². The highest BCUT2D eigenvalue weighted by Gasteiger charge is 2.58. The number of ether oxygens (including phenoxy) is 5. The molecule has 2 aliphatic rings. The molecule has 2 heterocycles. The Morgan fingerprint density at radius 3 is 2.23 bits per heavy atom. The van der Waals surface area contributed by atoms with E-state index < -0.39 is 30.4 Å². The summed E-state index contributed by atoms with van der Waals surface area (Å²) in [4.78, 5) is 3.58. The van der Waals surface area contributed by atoms with E-state index in [1.165, 1.54) is 0 Å². The van der Waals surface area contributed by atoms with Crippen molar-refractivity contribution in [1.29, 1.82) is 0 Å². The Morgan fingerprint density at radius 2 is 1.60 bits per heavy atom. The summed E-state index contributed by atoms with van der Waals surface area (Å²) in [5, 5.41) is 0. The quantitative estimate of drug-likeness (QED) is 0.618. The Morgan fingerprint density at radius 1 is 0.967 bits per heavy atom. The third-order valence-corrected chi connectivity index (χ3v) is 5.26. The molecular weight excluding hydrogens is 382 g/mol. The zero-order valence-corrected chi connectivity index (χ0v) is 17.3. The lowest BCUT2D eigenvalue weighted by molar-refractivity contribution is -0.233. The molecule has 0 spiro atoms. The first-order valence-electron chi connectivity index (χ1n) is 10.2. The van der Waals surface area contributed by atoms with E-state index in [2.05, 4.69) is 4.85 Å². The Balaban J connectivity index is 1.49. The zero-order chi connectivity index (χ0) is 21.0. The summed E-state index contributed by atoms with van der Waals surface area (Å²) in [6.45, 7) is 12.1. The number of hydrogen-bond acceptors (Lipinski definition) is 5. The smallest absolute Gasteiger partial charge is 0.243 e. The molecule has 0 unspecified atom stereocenters. The summed E-state index contributed by atoms with van der Waals surface area (Å²) < 4.78 is 30.6. The molecule has 2 aromatic rings. The second-order valence-corrected chi connectivity index (χ2v) is 8.01. The monoisotopic (exact) mass is 409 g/mol. The topological polar surface area (TPSA) is 50.5 Å². The number of rotatable bonds is 8. The fraction of sp³-hybridized carbons (Fsp3) is 0.458. The molecule has 0 N–H and O–H groups in total. The molecule has 158 valence electrons. The van der Waals surface area contributed by atoms with Gasteiger partial charge >= 0.3 is 0 Å². The number of nitrogens with zero attached hydrogens (tertiary/aromatic N) is 1. The van der Waals surface area contributed by atoms with E-state index in [-0.39, 0.29) is 12.6 Å². The molecular formula is C24H27NO5. The standard InChI is InChI=1S/C24H27NO5/c1-24(2)29-22-21(27-16-18-12-8-5-9-13-18)20(28-23(22)30-24)19(14-25-3)26-15-17-10-6-4-7-11-17/h4-13,19-23H,14-16H2,1-2H3/t19-,20-,21+,22-,23-/m1/s1. The Bertz CT molecular complexity index is 851. The average molecular weight is 409 g/mol. The highest BCUT2D eigenvalue weighted by atomic mass is 16.8. The minimum Gasteiger partial charge on any atom is -0.368 e. The molecule has 0 aliphatic carbocycles. The van der Waals surface area contributed by atoms with Gasteiger partial charge in [-0.25, -0.2) is 6.57 Å². The molecule has 0 saturated carbocycles. The maximum Gasteiger partial charge on any atom is 0.243 e. The molecule has 2 fully saturated rings. The third-order valence-electron chi connectivity index (χ3n) is 5.26. The van der Waals surface area contributed by atoms with E-state index in [1.807, 2.05) is 74.5 Å². The lowest BCUT2D eigenvalue weighted by Crippen LogP contribution is -2.44. The molecule has 4 rings (SSSR count). The van der Waals surface area contributed by atoms with Gasteiger partial charge in [0, 0.05) is 0 Å². The normalized spacial score (nSPS) is 28.0. The van der Waals surface area contributed by atoms with Crippen LogP contribution in [0.5, 0.6) is 0 Å². The molecule has 2 aromatic carbocycles. The first-order chi connectivity index (χ1) is 14.6. The van der Waals surface area contributed by atoms with Gasteiger partial charge in [-0.3, -0.25) is 0 Å². The summed E-state index contributed by atoms with van der Waals surface area (Å²) >= 11 is 0. The van der Waals surface area contributed by atoms with Crippen LogP contribution in [-0.2, 0) is 36.9 Å². The Labute approximate surface area is 177 Å². The minimum absolute atomic E-state index is 0.172. The van der Waals surface area contributed by atoms with Gasteiger partial charge in [0.2, 0.25) is 6.54 Å². The fourth-order valence-corrected chi connectivity index (χ4v) is 3.88. The van der Waals surface area contributed by atoms with Crippen LogP contribution in [0.2, 0.25) is 0 Å². The fourth-order valence-electron chi connectivity index (χ4n) is 3.88. The van der Waals surface area contributed by atoms with Crippen molar-refractivity contribution in [3.05, 3.63) is 83.2 Å². The Hall–Kier alpha value is -2.27. The molecule has 30 heavy (non-hydrogen) atoms. The van der Waals surface area contributed by atoms with Crippen molar-refractivity contribution < 1.29 is 23.7 Å². The van der Waals surface area contributed by atoms with Crippen molar-refractivity contribution in [2.24, 2.45) is 0 Å². The lowest BCUT2D eigenvalue weighted by atomic mass is 10.0. The summed E-state index contributed by atoms with van der Waals surface area (Å²) in [5.41, 5.74) is 2.10. The van der Waals surface area contributed by atoms with Crippen LogP contribution >= 0.6 is 0 Å². The van der Waals surface area contributed by atoms with Gasteiger partial charge in [-0.2, -0.15) is 0 Å². The summed E-state index contributed by atoms with van der Waals surface area (Å²) in [6, 6.07) is 19.9. The van der Waals surface area contributed by atoms with Crippen molar-refractivity contribution >= 4 is 0 Å². The van der Waals surface area contributed by atoms with Crippen molar-refractivity contribution in [3.8, 4) is 0 Å². The molecule has 0 aromatic heterocycles. The van der Waals surface area contributed by atoms with E-state index >= 15 is 0 Å². The van der Waals surface area contributed by atoms with E-state index in [9.17, 15) is 0 Å². The van der Waals surface area contributed by atoms with Gasteiger partial charge in [0.15, 0.2) is 18.2 Å². The van der Waals surface area contributed by atoms with Crippen molar-refractivity contribution in [1.82, 2.24) is 0 Å². The van der Waals surface area contributed by atoms with Crippen LogP contribution in [0.4, 0.5) is 0 Å². The summed E-state index contributed by atoms with van der Waals surface area (Å²) in [7, 11) is 0. The molecule has 0 radical (unpaired) electrons. The molecule has 2 saturated heterocycles. The van der Waals surface area contributed by atoms with Crippen molar-refractivity contribution in [3.63, 3.8) is 0 Å².